The predicted molar refractivity (Wildman–Crippen MR) is 124 cm³/mol. The summed E-state index contributed by atoms with van der Waals surface area (Å²) in [5, 5.41) is 0. The zero-order valence-electron chi connectivity index (χ0n) is 19.2. The molecule has 2 rings (SSSR count). The van der Waals surface area contributed by atoms with Crippen molar-refractivity contribution in [3.63, 3.8) is 0 Å². The molecule has 0 aliphatic rings. The van der Waals surface area contributed by atoms with Crippen molar-refractivity contribution < 1.29 is 13.5 Å². The van der Waals surface area contributed by atoms with Crippen molar-refractivity contribution in [3.05, 3.63) is 42.0 Å². The van der Waals surface area contributed by atoms with Gasteiger partial charge in [-0.3, -0.25) is 0 Å². The van der Waals surface area contributed by atoms with Crippen molar-refractivity contribution in [2.45, 2.75) is 97.1 Å². The van der Waals surface area contributed by atoms with Gasteiger partial charge in [0.1, 0.15) is 5.82 Å². The van der Waals surface area contributed by atoms with Crippen LogP contribution in [0.5, 0.6) is 5.75 Å². The van der Waals surface area contributed by atoms with Crippen molar-refractivity contribution in [2.24, 2.45) is 0 Å². The second kappa shape index (κ2) is 14.9. The molecule has 3 nitrogen and oxygen atoms in total. The van der Waals surface area contributed by atoms with Crippen molar-refractivity contribution in [1.82, 2.24) is 9.97 Å². The number of hydrogen-bond donors (Lipinski definition) is 0. The lowest BCUT2D eigenvalue weighted by atomic mass is 10.0. The van der Waals surface area contributed by atoms with Gasteiger partial charge in [0.25, 0.3) is 0 Å². The number of aromatic nitrogens is 2. The van der Waals surface area contributed by atoms with E-state index < -0.39 is 6.17 Å². The molecule has 0 fully saturated rings. The Kier molecular flexibility index (Phi) is 12.1. The normalized spacial score (nSPS) is 12.1. The zero-order chi connectivity index (χ0) is 22.3. The highest BCUT2D eigenvalue weighted by Gasteiger charge is 2.10. The fraction of sp³-hybridized carbons (Fsp3) is 0.615. The van der Waals surface area contributed by atoms with Gasteiger partial charge in [-0.25, -0.2) is 18.7 Å². The van der Waals surface area contributed by atoms with E-state index in [0.29, 0.717) is 30.2 Å². The quantitative estimate of drug-likeness (QED) is 0.253. The van der Waals surface area contributed by atoms with Gasteiger partial charge in [-0.2, -0.15) is 0 Å². The monoisotopic (exact) mass is 432 g/mol. The topological polar surface area (TPSA) is 35.0 Å². The number of ether oxygens (including phenoxy) is 1. The smallest absolute Gasteiger partial charge is 0.162 e. The van der Waals surface area contributed by atoms with Gasteiger partial charge in [-0.1, -0.05) is 64.4 Å². The van der Waals surface area contributed by atoms with Gasteiger partial charge in [0.15, 0.2) is 11.6 Å². The number of alkyl halides is 1. The van der Waals surface area contributed by atoms with Crippen LogP contribution in [0.25, 0.3) is 11.4 Å². The lowest BCUT2D eigenvalue weighted by Gasteiger charge is -2.08. The van der Waals surface area contributed by atoms with Gasteiger partial charge >= 0.3 is 0 Å². The molecule has 5 heteroatoms. The van der Waals surface area contributed by atoms with Crippen LogP contribution in [-0.4, -0.2) is 22.7 Å². The van der Waals surface area contributed by atoms with E-state index in [1.807, 2.05) is 6.07 Å². The van der Waals surface area contributed by atoms with Crippen LogP contribution >= 0.6 is 0 Å². The summed E-state index contributed by atoms with van der Waals surface area (Å²) in [6.45, 7) is 4.46. The molecule has 0 spiro atoms. The molecule has 1 aromatic heterocycles. The lowest BCUT2D eigenvalue weighted by molar-refractivity contribution is 0.302. The van der Waals surface area contributed by atoms with Crippen molar-refractivity contribution >= 4 is 0 Å². The second-order valence-electron chi connectivity index (χ2n) is 8.41. The van der Waals surface area contributed by atoms with E-state index in [4.69, 9.17) is 4.74 Å². The molecule has 1 unspecified atom stereocenters. The Morgan fingerprint density at radius 1 is 0.903 bits per heavy atom. The number of halogens is 2. The molecule has 0 radical (unpaired) electrons. The maximum Gasteiger partial charge on any atom is 0.162 e. The molecule has 1 heterocycles. The Hall–Kier alpha value is -2.04. The Morgan fingerprint density at radius 2 is 1.58 bits per heavy atom. The second-order valence-corrected chi connectivity index (χ2v) is 8.41. The van der Waals surface area contributed by atoms with Crippen molar-refractivity contribution in [2.75, 3.05) is 6.61 Å². The molecule has 1 aromatic carbocycles. The first-order chi connectivity index (χ1) is 15.1. The largest absolute Gasteiger partial charge is 0.490 e. The number of benzene rings is 1. The summed E-state index contributed by atoms with van der Waals surface area (Å²) in [7, 11) is 0. The number of unbranched alkanes of at least 4 members (excludes halogenated alkanes) is 8. The third kappa shape index (κ3) is 10.2. The van der Waals surface area contributed by atoms with Gasteiger partial charge in [0, 0.05) is 0 Å². The van der Waals surface area contributed by atoms with Crippen molar-refractivity contribution in [1.29, 1.82) is 0 Å². The first-order valence-electron chi connectivity index (χ1n) is 12.0. The van der Waals surface area contributed by atoms with Gasteiger partial charge < -0.3 is 4.74 Å². The highest BCUT2D eigenvalue weighted by molar-refractivity contribution is 5.56. The van der Waals surface area contributed by atoms with Crippen LogP contribution < -0.4 is 4.74 Å². The molecule has 172 valence electrons. The predicted octanol–water partition coefficient (Wildman–Crippen LogP) is 7.87. The minimum absolute atomic E-state index is 0.330. The fourth-order valence-electron chi connectivity index (χ4n) is 3.61. The Labute approximate surface area is 186 Å². The first kappa shape index (κ1) is 25.2. The fourth-order valence-corrected chi connectivity index (χ4v) is 3.61. The van der Waals surface area contributed by atoms with E-state index >= 15 is 0 Å². The summed E-state index contributed by atoms with van der Waals surface area (Å²) in [5.74, 6) is 0.643. The third-order valence-electron chi connectivity index (χ3n) is 5.49. The Bertz CT molecular complexity index is 735. The summed E-state index contributed by atoms with van der Waals surface area (Å²) >= 11 is 0. The van der Waals surface area contributed by atoms with E-state index in [1.165, 1.54) is 51.0 Å². The van der Waals surface area contributed by atoms with Crippen LogP contribution in [0.15, 0.2) is 30.6 Å². The SMILES string of the molecule is CCCCCCCCCCOc1cnc(-c2ccc(CCCCC(C)F)cc2F)nc1. The average molecular weight is 433 g/mol. The Balaban J connectivity index is 1.72. The number of nitrogens with zero attached hydrogens (tertiary/aromatic N) is 2. The van der Waals surface area contributed by atoms with Crippen LogP contribution in [0.2, 0.25) is 0 Å². The number of rotatable bonds is 16. The van der Waals surface area contributed by atoms with Gasteiger partial charge in [0.2, 0.25) is 0 Å². The Morgan fingerprint density at radius 3 is 2.23 bits per heavy atom. The molecule has 0 saturated heterocycles. The molecular formula is C26H38F2N2O. The molecule has 0 aliphatic carbocycles. The molecule has 1 atom stereocenters. The first-order valence-corrected chi connectivity index (χ1v) is 12.0. The van der Waals surface area contributed by atoms with E-state index in [0.717, 1.165) is 31.2 Å². The van der Waals surface area contributed by atoms with E-state index in [-0.39, 0.29) is 5.82 Å². The van der Waals surface area contributed by atoms with Crippen LogP contribution in [0.4, 0.5) is 8.78 Å². The number of aryl methyl sites for hydroxylation is 1. The van der Waals surface area contributed by atoms with Crippen LogP contribution in [0.1, 0.15) is 90.0 Å². The maximum atomic E-state index is 14.5. The van der Waals surface area contributed by atoms with Crippen LogP contribution in [-0.2, 0) is 6.42 Å². The van der Waals surface area contributed by atoms with Gasteiger partial charge in [0.05, 0.1) is 30.7 Å². The molecule has 0 aliphatic heterocycles. The highest BCUT2D eigenvalue weighted by Crippen LogP contribution is 2.22. The molecule has 0 saturated carbocycles. The van der Waals surface area contributed by atoms with Crippen molar-refractivity contribution in [3.8, 4) is 17.1 Å². The maximum absolute atomic E-state index is 14.5. The third-order valence-corrected chi connectivity index (χ3v) is 5.49. The van der Waals surface area contributed by atoms with E-state index in [9.17, 15) is 8.78 Å². The standard InChI is InChI=1S/C26H38F2N2O/c1-3-4-5-6-7-8-9-12-17-31-23-19-29-26(30-20-23)24-16-15-22(18-25(24)28)14-11-10-13-21(2)27/h15-16,18-21H,3-14,17H2,1-2H3. The minimum atomic E-state index is -0.775. The van der Waals surface area contributed by atoms with Gasteiger partial charge in [-0.15, -0.1) is 0 Å². The molecule has 0 amide bonds. The molecule has 0 bridgehead atoms. The van der Waals surface area contributed by atoms with E-state index in [2.05, 4.69) is 16.9 Å². The molecule has 31 heavy (non-hydrogen) atoms. The van der Waals surface area contributed by atoms with Gasteiger partial charge in [-0.05, 0) is 50.3 Å². The molecule has 0 N–H and O–H groups in total. The summed E-state index contributed by atoms with van der Waals surface area (Å²) in [5.41, 5.74) is 1.30. The van der Waals surface area contributed by atoms with E-state index in [1.54, 1.807) is 25.4 Å². The summed E-state index contributed by atoms with van der Waals surface area (Å²) in [4.78, 5) is 8.55. The van der Waals surface area contributed by atoms with Crippen LogP contribution in [0, 0.1) is 5.82 Å². The average Bonchev–Trinajstić information content (AvgIpc) is 2.76. The van der Waals surface area contributed by atoms with Crippen LogP contribution in [0.3, 0.4) is 0 Å². The number of hydrogen-bond acceptors (Lipinski definition) is 3. The lowest BCUT2D eigenvalue weighted by Crippen LogP contribution is -2.00. The highest BCUT2D eigenvalue weighted by atomic mass is 19.1. The summed E-state index contributed by atoms with van der Waals surface area (Å²) in [6, 6.07) is 5.15. The summed E-state index contributed by atoms with van der Waals surface area (Å²) in [6.07, 6.45) is 15.5. The summed E-state index contributed by atoms with van der Waals surface area (Å²) < 4.78 is 33.1. The molecule has 2 aromatic rings. The minimum Gasteiger partial charge on any atom is -0.490 e. The zero-order valence-corrected chi connectivity index (χ0v) is 19.2. The molecular weight excluding hydrogens is 394 g/mol.